The van der Waals surface area contributed by atoms with Gasteiger partial charge in [0.25, 0.3) is 5.56 Å². The Hall–Kier alpha value is -3.23. The third-order valence-electron chi connectivity index (χ3n) is 5.25. The van der Waals surface area contributed by atoms with Crippen LogP contribution < -0.4 is 16.2 Å². The van der Waals surface area contributed by atoms with Gasteiger partial charge in [0.15, 0.2) is 11.5 Å². The first kappa shape index (κ1) is 18.8. The number of pyridine rings is 1. The summed E-state index contributed by atoms with van der Waals surface area (Å²) in [6, 6.07) is 9.77. The number of rotatable bonds is 4. The lowest BCUT2D eigenvalue weighted by Crippen LogP contribution is -2.23. The molecule has 0 bridgehead atoms. The smallest absolute Gasteiger partial charge is 0.278 e. The van der Waals surface area contributed by atoms with Crippen molar-refractivity contribution < 1.29 is 0 Å². The van der Waals surface area contributed by atoms with Crippen molar-refractivity contribution in [3.63, 3.8) is 0 Å². The number of nitrogens with one attached hydrogen (secondary N) is 2. The summed E-state index contributed by atoms with van der Waals surface area (Å²) in [4.78, 5) is 26.2. The van der Waals surface area contributed by atoms with Gasteiger partial charge in [0.1, 0.15) is 5.39 Å². The maximum absolute atomic E-state index is 12.8. The Morgan fingerprint density at radius 1 is 1.17 bits per heavy atom. The van der Waals surface area contributed by atoms with Crippen LogP contribution in [0.2, 0.25) is 5.02 Å². The van der Waals surface area contributed by atoms with Crippen LogP contribution in [-0.4, -0.2) is 30.9 Å². The predicted octanol–water partition coefficient (Wildman–Crippen LogP) is 3.04. The van der Waals surface area contributed by atoms with Crippen LogP contribution in [0.4, 0.5) is 11.6 Å². The lowest BCUT2D eigenvalue weighted by atomic mass is 10.0. The van der Waals surface area contributed by atoms with Crippen molar-refractivity contribution in [1.82, 2.24) is 29.6 Å². The van der Waals surface area contributed by atoms with E-state index in [4.69, 9.17) is 11.6 Å². The zero-order chi connectivity index (χ0) is 20.7. The number of halogens is 1. The molecule has 0 aliphatic carbocycles. The third-order valence-corrected chi connectivity index (χ3v) is 5.48. The predicted molar refractivity (Wildman–Crippen MR) is 117 cm³/mol. The largest absolute Gasteiger partial charge is 0.324 e. The molecule has 3 aromatic heterocycles. The maximum atomic E-state index is 12.8. The van der Waals surface area contributed by atoms with Crippen LogP contribution in [0.1, 0.15) is 18.1 Å². The molecule has 2 N–H and O–H groups in total. The van der Waals surface area contributed by atoms with E-state index in [-0.39, 0.29) is 5.56 Å². The molecule has 4 heterocycles. The number of aromatic nitrogens is 5. The van der Waals surface area contributed by atoms with E-state index in [2.05, 4.69) is 37.7 Å². The summed E-state index contributed by atoms with van der Waals surface area (Å²) in [6.45, 7) is 4.25. The molecule has 5 rings (SSSR count). The number of hydrogen-bond acceptors (Lipinski definition) is 6. The minimum atomic E-state index is -0.155. The molecule has 0 unspecified atom stereocenters. The lowest BCUT2D eigenvalue weighted by Gasteiger charge is -2.18. The lowest BCUT2D eigenvalue weighted by molar-refractivity contribution is 0.568. The van der Waals surface area contributed by atoms with Crippen LogP contribution in [0.25, 0.3) is 16.9 Å². The molecule has 0 fully saturated rings. The zero-order valence-corrected chi connectivity index (χ0v) is 17.1. The molecule has 30 heavy (non-hydrogen) atoms. The van der Waals surface area contributed by atoms with Gasteiger partial charge in [-0.15, -0.1) is 0 Å². The van der Waals surface area contributed by atoms with Crippen LogP contribution in [0.15, 0.2) is 47.5 Å². The van der Waals surface area contributed by atoms with E-state index in [0.717, 1.165) is 25.2 Å². The van der Waals surface area contributed by atoms with Crippen molar-refractivity contribution >= 4 is 34.3 Å². The summed E-state index contributed by atoms with van der Waals surface area (Å²) < 4.78 is 3.30. The summed E-state index contributed by atoms with van der Waals surface area (Å²) in [5, 5.41) is 7.61. The van der Waals surface area contributed by atoms with Crippen molar-refractivity contribution in [3.05, 3.63) is 69.2 Å². The molecule has 1 aliphatic heterocycles. The normalized spacial score (nSPS) is 13.4. The SMILES string of the molecule is CCn1c(=O)c2cnc(Nc3ccc4c(c3)CCNC4)nc2n1-c1ccc(Cl)cn1. The second-order valence-electron chi connectivity index (χ2n) is 7.13. The van der Waals surface area contributed by atoms with E-state index in [1.165, 1.54) is 11.1 Å². The summed E-state index contributed by atoms with van der Waals surface area (Å²) in [7, 11) is 0. The van der Waals surface area contributed by atoms with E-state index >= 15 is 0 Å². The van der Waals surface area contributed by atoms with E-state index in [0.29, 0.717) is 34.4 Å². The molecule has 0 atom stereocenters. The Balaban J connectivity index is 1.59. The van der Waals surface area contributed by atoms with Gasteiger partial charge in [-0.3, -0.25) is 4.79 Å². The summed E-state index contributed by atoms with van der Waals surface area (Å²) in [5.41, 5.74) is 3.89. The van der Waals surface area contributed by atoms with Crippen LogP contribution in [0.3, 0.4) is 0 Å². The number of nitrogens with zero attached hydrogens (tertiary/aromatic N) is 5. The molecule has 1 aromatic carbocycles. The molecule has 9 heteroatoms. The van der Waals surface area contributed by atoms with Gasteiger partial charge in [0, 0.05) is 31.2 Å². The highest BCUT2D eigenvalue weighted by molar-refractivity contribution is 6.30. The first-order chi connectivity index (χ1) is 14.6. The molecule has 0 saturated heterocycles. The van der Waals surface area contributed by atoms with Crippen LogP contribution in [0, 0.1) is 0 Å². The summed E-state index contributed by atoms with van der Waals surface area (Å²) >= 11 is 5.98. The minimum Gasteiger partial charge on any atom is -0.324 e. The van der Waals surface area contributed by atoms with Gasteiger partial charge in [0.2, 0.25) is 5.95 Å². The summed E-state index contributed by atoms with van der Waals surface area (Å²) in [5.74, 6) is 0.992. The van der Waals surface area contributed by atoms with Gasteiger partial charge in [-0.1, -0.05) is 17.7 Å². The van der Waals surface area contributed by atoms with Crippen LogP contribution in [-0.2, 0) is 19.5 Å². The van der Waals surface area contributed by atoms with Gasteiger partial charge in [-0.2, -0.15) is 4.98 Å². The first-order valence-corrected chi connectivity index (χ1v) is 10.2. The molecule has 0 amide bonds. The van der Waals surface area contributed by atoms with Gasteiger partial charge in [0.05, 0.1) is 5.02 Å². The van der Waals surface area contributed by atoms with Gasteiger partial charge >= 0.3 is 0 Å². The average Bonchev–Trinajstić information content (AvgIpc) is 3.05. The highest BCUT2D eigenvalue weighted by Crippen LogP contribution is 2.22. The highest BCUT2D eigenvalue weighted by atomic mass is 35.5. The second kappa shape index (κ2) is 7.55. The Bertz CT molecular complexity index is 1290. The third kappa shape index (κ3) is 3.24. The molecule has 0 radical (unpaired) electrons. The number of benzene rings is 1. The summed E-state index contributed by atoms with van der Waals surface area (Å²) in [6.07, 6.45) is 4.11. The Morgan fingerprint density at radius 2 is 2.07 bits per heavy atom. The first-order valence-electron chi connectivity index (χ1n) is 9.84. The van der Waals surface area contributed by atoms with Crippen molar-refractivity contribution in [2.24, 2.45) is 0 Å². The van der Waals surface area contributed by atoms with Gasteiger partial charge < -0.3 is 10.6 Å². The van der Waals surface area contributed by atoms with E-state index in [1.54, 1.807) is 33.9 Å². The standard InChI is InChI=1S/C21H20ClN7O/c1-2-28-20(30)17-12-25-21(26-16-5-3-14-10-23-8-7-13(14)9-16)27-19(17)29(28)18-6-4-15(22)11-24-18/h3-6,9,11-12,23H,2,7-8,10H2,1H3,(H,25,26,27). The molecular formula is C21H20ClN7O. The molecule has 1 aliphatic rings. The molecule has 0 spiro atoms. The molecule has 8 nitrogen and oxygen atoms in total. The second-order valence-corrected chi connectivity index (χ2v) is 7.57. The zero-order valence-electron chi connectivity index (χ0n) is 16.4. The van der Waals surface area contributed by atoms with Gasteiger partial charge in [-0.25, -0.2) is 19.3 Å². The fourth-order valence-electron chi connectivity index (χ4n) is 3.78. The van der Waals surface area contributed by atoms with Gasteiger partial charge in [-0.05, 0) is 55.3 Å². The molecule has 4 aromatic rings. The fourth-order valence-corrected chi connectivity index (χ4v) is 3.90. The maximum Gasteiger partial charge on any atom is 0.278 e. The monoisotopic (exact) mass is 421 g/mol. The van der Waals surface area contributed by atoms with E-state index < -0.39 is 0 Å². The van der Waals surface area contributed by atoms with Crippen molar-refractivity contribution in [1.29, 1.82) is 0 Å². The van der Waals surface area contributed by atoms with Crippen molar-refractivity contribution in [2.75, 3.05) is 11.9 Å². The Kier molecular flexibility index (Phi) is 4.72. The highest BCUT2D eigenvalue weighted by Gasteiger charge is 2.17. The molecular weight excluding hydrogens is 402 g/mol. The molecule has 152 valence electrons. The Morgan fingerprint density at radius 3 is 2.87 bits per heavy atom. The molecule has 0 saturated carbocycles. The minimum absolute atomic E-state index is 0.155. The quantitative estimate of drug-likeness (QED) is 0.526. The number of fused-ring (bicyclic) bond motifs is 2. The topological polar surface area (TPSA) is 89.7 Å². The number of hydrogen-bond donors (Lipinski definition) is 2. The van der Waals surface area contributed by atoms with Crippen LogP contribution in [0.5, 0.6) is 0 Å². The Labute approximate surface area is 177 Å². The number of anilines is 2. The van der Waals surface area contributed by atoms with Crippen LogP contribution >= 0.6 is 11.6 Å². The van der Waals surface area contributed by atoms with E-state index in [1.807, 2.05) is 13.0 Å². The van der Waals surface area contributed by atoms with Crippen molar-refractivity contribution in [3.8, 4) is 5.82 Å². The fraction of sp³-hybridized carbons (Fsp3) is 0.238. The van der Waals surface area contributed by atoms with Crippen molar-refractivity contribution in [2.45, 2.75) is 26.4 Å². The average molecular weight is 422 g/mol. The van der Waals surface area contributed by atoms with E-state index in [9.17, 15) is 4.79 Å².